The van der Waals surface area contributed by atoms with Gasteiger partial charge in [-0.15, -0.1) is 0 Å². The largest absolute Gasteiger partial charge is 0.460 e. The number of allylic oxidation sites excluding steroid dienone is 1. The van der Waals surface area contributed by atoms with Crippen LogP contribution in [0.25, 0.3) is 0 Å². The van der Waals surface area contributed by atoms with Gasteiger partial charge in [0.05, 0.1) is 20.2 Å². The fraction of sp³-hybridized carbons (Fsp3) is 0.846. The molecule has 0 aromatic carbocycles. The zero-order valence-corrected chi connectivity index (χ0v) is 21.4. The summed E-state index contributed by atoms with van der Waals surface area (Å²) < 4.78 is 11.1. The summed E-state index contributed by atoms with van der Waals surface area (Å²) in [6.45, 7) is 6.70. The fourth-order valence-electron chi connectivity index (χ4n) is 3.54. The number of unbranched alkanes of at least 4 members (excludes halogenated alkanes) is 8. The minimum Gasteiger partial charge on any atom is -0.460 e. The quantitative estimate of drug-likeness (QED) is 0.118. The third kappa shape index (κ3) is 18.2. The number of carbonyl (C=O) groups excluding carboxylic acids is 2. The Labute approximate surface area is 196 Å². The lowest BCUT2D eigenvalue weighted by molar-refractivity contribution is -0.883. The van der Waals surface area contributed by atoms with Gasteiger partial charge in [-0.05, 0) is 32.1 Å². The summed E-state index contributed by atoms with van der Waals surface area (Å²) in [5.41, 5.74) is 0. The molecule has 0 aliphatic carbocycles. The van der Waals surface area contributed by atoms with E-state index in [1.807, 2.05) is 20.2 Å². The molecule has 0 aromatic heterocycles. The highest BCUT2D eigenvalue weighted by Gasteiger charge is 2.27. The van der Waals surface area contributed by atoms with E-state index in [2.05, 4.69) is 19.9 Å². The molecule has 6 heteroatoms. The van der Waals surface area contributed by atoms with Crippen molar-refractivity contribution in [2.75, 3.05) is 33.8 Å². The van der Waals surface area contributed by atoms with Crippen molar-refractivity contribution in [1.82, 2.24) is 0 Å². The van der Waals surface area contributed by atoms with Gasteiger partial charge in [0.15, 0.2) is 6.54 Å². The van der Waals surface area contributed by atoms with Crippen LogP contribution in [-0.4, -0.2) is 67.5 Å². The summed E-state index contributed by atoms with van der Waals surface area (Å²) in [4.78, 5) is 23.5. The van der Waals surface area contributed by atoms with Crippen LogP contribution in [0.3, 0.4) is 0 Å². The first-order chi connectivity index (χ1) is 15.2. The molecule has 0 aliphatic heterocycles. The zero-order chi connectivity index (χ0) is 24.2. The summed E-state index contributed by atoms with van der Waals surface area (Å²) in [5, 5.41) is 10.7. The minimum atomic E-state index is -0.687. The lowest BCUT2D eigenvalue weighted by atomic mass is 10.0. The number of aliphatic hydroxyl groups excluding tert-OH is 1. The second-order valence-corrected chi connectivity index (χ2v) is 9.51. The maximum atomic E-state index is 12.6. The molecule has 0 heterocycles. The van der Waals surface area contributed by atoms with E-state index in [4.69, 9.17) is 9.47 Å². The van der Waals surface area contributed by atoms with Crippen molar-refractivity contribution in [3.8, 4) is 0 Å². The second kappa shape index (κ2) is 19.1. The van der Waals surface area contributed by atoms with Crippen LogP contribution in [0.4, 0.5) is 0 Å². The van der Waals surface area contributed by atoms with Crippen LogP contribution in [0, 0.1) is 0 Å². The Morgan fingerprint density at radius 2 is 1.56 bits per heavy atom. The van der Waals surface area contributed by atoms with Crippen molar-refractivity contribution in [2.45, 2.75) is 110 Å². The number of hydrogen-bond acceptors (Lipinski definition) is 5. The van der Waals surface area contributed by atoms with Gasteiger partial charge in [-0.1, -0.05) is 70.9 Å². The van der Waals surface area contributed by atoms with Gasteiger partial charge < -0.3 is 19.1 Å². The first-order valence-corrected chi connectivity index (χ1v) is 12.7. The summed E-state index contributed by atoms with van der Waals surface area (Å²) in [5.74, 6) is -0.648. The Morgan fingerprint density at radius 3 is 2.22 bits per heavy atom. The van der Waals surface area contributed by atoms with Gasteiger partial charge in [0.2, 0.25) is 0 Å². The van der Waals surface area contributed by atoms with E-state index >= 15 is 0 Å². The normalized spacial score (nSPS) is 13.8. The molecule has 0 radical (unpaired) electrons. The van der Waals surface area contributed by atoms with Crippen LogP contribution in [0.2, 0.25) is 0 Å². The molecule has 1 N–H and O–H groups in total. The van der Waals surface area contributed by atoms with Gasteiger partial charge in [-0.2, -0.15) is 0 Å². The van der Waals surface area contributed by atoms with Crippen molar-refractivity contribution < 1.29 is 28.7 Å². The molecule has 0 saturated heterocycles. The summed E-state index contributed by atoms with van der Waals surface area (Å²) in [7, 11) is 3.80. The molecule has 0 spiro atoms. The smallest absolute Gasteiger partial charge is 0.362 e. The number of rotatable bonds is 20. The molecular formula is C26H50NO5+. The Hall–Kier alpha value is -1.40. The Bertz CT molecular complexity index is 518. The van der Waals surface area contributed by atoms with Gasteiger partial charge in [-0.25, -0.2) is 4.79 Å². The number of carbonyl (C=O) groups is 2. The summed E-state index contributed by atoms with van der Waals surface area (Å²) in [6.07, 6.45) is 15.9. The average molecular weight is 457 g/mol. The number of nitrogens with zero attached hydrogens (tertiary/aromatic N) is 1. The SMILES string of the molecule is CCCCCCCC/C=C\CC(O)C(CCCCC)OC(=O)C[N+](C)(C)CCOC(C)=O. The van der Waals surface area contributed by atoms with Crippen LogP contribution in [0.15, 0.2) is 12.2 Å². The molecule has 2 atom stereocenters. The predicted octanol–water partition coefficient (Wildman–Crippen LogP) is 5.18. The molecule has 32 heavy (non-hydrogen) atoms. The van der Waals surface area contributed by atoms with Crippen LogP contribution >= 0.6 is 0 Å². The average Bonchev–Trinajstić information content (AvgIpc) is 2.70. The van der Waals surface area contributed by atoms with E-state index in [1.165, 1.54) is 45.4 Å². The van der Waals surface area contributed by atoms with Gasteiger partial charge >= 0.3 is 11.9 Å². The molecule has 0 saturated carbocycles. The number of ether oxygens (including phenoxy) is 2. The van der Waals surface area contributed by atoms with Crippen molar-refractivity contribution in [3.63, 3.8) is 0 Å². The summed E-state index contributed by atoms with van der Waals surface area (Å²) >= 11 is 0. The third-order valence-corrected chi connectivity index (χ3v) is 5.63. The number of likely N-dealkylation sites (N-methyl/N-ethyl adjacent to an activating group) is 1. The Balaban J connectivity index is 4.49. The van der Waals surface area contributed by atoms with Crippen LogP contribution in [0.1, 0.15) is 97.8 Å². The molecule has 188 valence electrons. The highest BCUT2D eigenvalue weighted by molar-refractivity contribution is 5.70. The van der Waals surface area contributed by atoms with Crippen molar-refractivity contribution in [3.05, 3.63) is 12.2 Å². The zero-order valence-electron chi connectivity index (χ0n) is 21.4. The van der Waals surface area contributed by atoms with Crippen LogP contribution in [-0.2, 0) is 19.1 Å². The van der Waals surface area contributed by atoms with E-state index < -0.39 is 12.2 Å². The molecule has 0 fully saturated rings. The van der Waals surface area contributed by atoms with Gasteiger partial charge in [-0.3, -0.25) is 4.79 Å². The van der Waals surface area contributed by atoms with Crippen molar-refractivity contribution in [1.29, 1.82) is 0 Å². The number of aliphatic hydroxyl groups is 1. The lowest BCUT2D eigenvalue weighted by Crippen LogP contribution is -2.47. The molecule has 0 aromatic rings. The Kier molecular flexibility index (Phi) is 18.3. The van der Waals surface area contributed by atoms with Crippen molar-refractivity contribution in [2.24, 2.45) is 0 Å². The third-order valence-electron chi connectivity index (χ3n) is 5.63. The molecule has 0 bridgehead atoms. The number of esters is 2. The topological polar surface area (TPSA) is 72.8 Å². The first-order valence-electron chi connectivity index (χ1n) is 12.7. The van der Waals surface area contributed by atoms with E-state index in [0.717, 1.165) is 25.7 Å². The van der Waals surface area contributed by atoms with Gasteiger partial charge in [0.25, 0.3) is 0 Å². The van der Waals surface area contributed by atoms with E-state index in [1.54, 1.807) is 0 Å². The Morgan fingerprint density at radius 1 is 0.938 bits per heavy atom. The van der Waals surface area contributed by atoms with Gasteiger partial charge in [0, 0.05) is 6.92 Å². The van der Waals surface area contributed by atoms with Crippen molar-refractivity contribution >= 4 is 11.9 Å². The van der Waals surface area contributed by atoms with Crippen LogP contribution < -0.4 is 0 Å². The molecule has 6 nitrogen and oxygen atoms in total. The first kappa shape index (κ1) is 30.6. The molecule has 0 aliphatic rings. The van der Waals surface area contributed by atoms with E-state index in [0.29, 0.717) is 23.9 Å². The van der Waals surface area contributed by atoms with E-state index in [-0.39, 0.29) is 25.1 Å². The highest BCUT2D eigenvalue weighted by Crippen LogP contribution is 2.15. The van der Waals surface area contributed by atoms with Gasteiger partial charge in [0.1, 0.15) is 19.3 Å². The molecule has 2 unspecified atom stereocenters. The number of hydrogen-bond donors (Lipinski definition) is 1. The predicted molar refractivity (Wildman–Crippen MR) is 130 cm³/mol. The maximum absolute atomic E-state index is 12.6. The molecule has 0 amide bonds. The maximum Gasteiger partial charge on any atom is 0.362 e. The standard InChI is InChI=1S/C26H50NO5/c1-6-8-10-11-12-13-14-15-17-18-24(29)25(19-16-9-7-2)32-26(30)22-27(4,5)20-21-31-23(3)28/h15,17,24-25,29H,6-14,16,18-22H2,1-5H3/q+1/b17-15-. The lowest BCUT2D eigenvalue weighted by Gasteiger charge is -2.30. The fourth-order valence-corrected chi connectivity index (χ4v) is 3.54. The van der Waals surface area contributed by atoms with Crippen LogP contribution in [0.5, 0.6) is 0 Å². The monoisotopic (exact) mass is 456 g/mol. The minimum absolute atomic E-state index is 0.173. The molecular weight excluding hydrogens is 406 g/mol. The number of quaternary nitrogens is 1. The summed E-state index contributed by atoms with van der Waals surface area (Å²) in [6, 6.07) is 0. The highest BCUT2D eigenvalue weighted by atomic mass is 16.6. The second-order valence-electron chi connectivity index (χ2n) is 9.51. The van der Waals surface area contributed by atoms with E-state index in [9.17, 15) is 14.7 Å². The molecule has 0 rings (SSSR count).